The molecule has 2 aromatic rings. The van der Waals surface area contributed by atoms with Crippen molar-refractivity contribution in [1.29, 1.82) is 0 Å². The van der Waals surface area contributed by atoms with Crippen molar-refractivity contribution < 1.29 is 4.74 Å². The molecule has 0 radical (unpaired) electrons. The van der Waals surface area contributed by atoms with Gasteiger partial charge in [-0.1, -0.05) is 39.0 Å². The second-order valence-corrected chi connectivity index (χ2v) is 6.00. The predicted molar refractivity (Wildman–Crippen MR) is 82.1 cm³/mol. The van der Waals surface area contributed by atoms with E-state index in [9.17, 15) is 0 Å². The number of rotatable bonds is 3. The van der Waals surface area contributed by atoms with E-state index in [1.165, 1.54) is 5.56 Å². The first-order valence-electron chi connectivity index (χ1n) is 6.85. The molecule has 0 fully saturated rings. The molecule has 0 aliphatic heterocycles. The smallest absolute Gasteiger partial charge is 0.223 e. The van der Waals surface area contributed by atoms with Gasteiger partial charge in [-0.05, 0) is 35.6 Å². The summed E-state index contributed by atoms with van der Waals surface area (Å²) in [6, 6.07) is 10.1. The standard InChI is InChI=1S/C17H22N2O/c1-12-10-14(17(2,3)4)7-8-15(12)20-16-13(11-18)6-5-9-19-16/h5-10H,11,18H2,1-4H3. The number of pyridine rings is 1. The minimum atomic E-state index is 0.136. The minimum absolute atomic E-state index is 0.136. The number of aryl methyl sites for hydroxylation is 1. The maximum atomic E-state index is 5.91. The summed E-state index contributed by atoms with van der Waals surface area (Å²) < 4.78 is 5.91. The molecule has 0 saturated heterocycles. The van der Waals surface area contributed by atoms with Gasteiger partial charge in [-0.2, -0.15) is 0 Å². The molecule has 0 atom stereocenters. The molecule has 106 valence electrons. The molecule has 0 amide bonds. The van der Waals surface area contributed by atoms with E-state index >= 15 is 0 Å². The Labute approximate surface area is 120 Å². The number of aromatic nitrogens is 1. The fraction of sp³-hybridized carbons (Fsp3) is 0.353. The highest BCUT2D eigenvalue weighted by molar-refractivity contribution is 5.41. The van der Waals surface area contributed by atoms with Gasteiger partial charge in [0.25, 0.3) is 0 Å². The fourth-order valence-corrected chi connectivity index (χ4v) is 2.01. The lowest BCUT2D eigenvalue weighted by Gasteiger charge is -2.20. The third-order valence-corrected chi connectivity index (χ3v) is 3.32. The van der Waals surface area contributed by atoms with Crippen molar-refractivity contribution in [2.24, 2.45) is 5.73 Å². The molecule has 3 nitrogen and oxygen atoms in total. The van der Waals surface area contributed by atoms with Crippen molar-refractivity contribution in [1.82, 2.24) is 4.98 Å². The molecule has 1 aromatic heterocycles. The van der Waals surface area contributed by atoms with Crippen LogP contribution in [0, 0.1) is 6.92 Å². The molecule has 0 aliphatic carbocycles. The van der Waals surface area contributed by atoms with Crippen molar-refractivity contribution in [2.45, 2.75) is 39.7 Å². The van der Waals surface area contributed by atoms with E-state index in [1.54, 1.807) is 6.20 Å². The minimum Gasteiger partial charge on any atom is -0.438 e. The lowest BCUT2D eigenvalue weighted by Crippen LogP contribution is -2.11. The van der Waals surface area contributed by atoms with Crippen molar-refractivity contribution >= 4 is 0 Å². The Morgan fingerprint density at radius 3 is 2.55 bits per heavy atom. The first kappa shape index (κ1) is 14.5. The molecule has 2 N–H and O–H groups in total. The van der Waals surface area contributed by atoms with E-state index in [1.807, 2.05) is 18.2 Å². The van der Waals surface area contributed by atoms with Gasteiger partial charge in [0.2, 0.25) is 5.88 Å². The number of ether oxygens (including phenoxy) is 1. The van der Waals surface area contributed by atoms with Crippen LogP contribution in [0.2, 0.25) is 0 Å². The van der Waals surface area contributed by atoms with Crippen LogP contribution < -0.4 is 10.5 Å². The van der Waals surface area contributed by atoms with Crippen LogP contribution in [-0.2, 0) is 12.0 Å². The van der Waals surface area contributed by atoms with E-state index in [-0.39, 0.29) is 5.41 Å². The van der Waals surface area contributed by atoms with Gasteiger partial charge >= 0.3 is 0 Å². The molecular weight excluding hydrogens is 248 g/mol. The van der Waals surface area contributed by atoms with Crippen molar-refractivity contribution in [3.05, 3.63) is 53.2 Å². The Morgan fingerprint density at radius 2 is 1.95 bits per heavy atom. The van der Waals surface area contributed by atoms with Gasteiger partial charge in [-0.15, -0.1) is 0 Å². The van der Waals surface area contributed by atoms with Crippen LogP contribution in [0.5, 0.6) is 11.6 Å². The molecule has 0 spiro atoms. The zero-order valence-corrected chi connectivity index (χ0v) is 12.6. The van der Waals surface area contributed by atoms with Crippen molar-refractivity contribution in [3.63, 3.8) is 0 Å². The van der Waals surface area contributed by atoms with Crippen LogP contribution in [0.25, 0.3) is 0 Å². The molecular formula is C17H22N2O. The van der Waals surface area contributed by atoms with Crippen LogP contribution in [0.4, 0.5) is 0 Å². The molecule has 2 rings (SSSR count). The predicted octanol–water partition coefficient (Wildman–Crippen LogP) is 3.94. The van der Waals surface area contributed by atoms with Crippen LogP contribution in [0.15, 0.2) is 36.5 Å². The second-order valence-electron chi connectivity index (χ2n) is 6.00. The molecule has 0 saturated carbocycles. The molecule has 0 aliphatic rings. The lowest BCUT2D eigenvalue weighted by molar-refractivity contribution is 0.452. The third kappa shape index (κ3) is 3.17. The van der Waals surface area contributed by atoms with E-state index in [0.29, 0.717) is 12.4 Å². The molecule has 1 heterocycles. The van der Waals surface area contributed by atoms with Crippen LogP contribution in [0.1, 0.15) is 37.5 Å². The van der Waals surface area contributed by atoms with Gasteiger partial charge in [0.15, 0.2) is 0 Å². The number of benzene rings is 1. The Bertz CT molecular complexity index is 600. The lowest BCUT2D eigenvalue weighted by atomic mass is 9.86. The van der Waals surface area contributed by atoms with Gasteiger partial charge in [0.1, 0.15) is 5.75 Å². The maximum Gasteiger partial charge on any atom is 0.223 e. The largest absolute Gasteiger partial charge is 0.438 e. The Kier molecular flexibility index (Phi) is 4.09. The van der Waals surface area contributed by atoms with Crippen molar-refractivity contribution in [3.8, 4) is 11.6 Å². The fourth-order valence-electron chi connectivity index (χ4n) is 2.01. The van der Waals surface area contributed by atoms with Gasteiger partial charge in [-0.3, -0.25) is 0 Å². The second kappa shape index (κ2) is 5.63. The highest BCUT2D eigenvalue weighted by Gasteiger charge is 2.15. The van der Waals surface area contributed by atoms with Gasteiger partial charge in [-0.25, -0.2) is 4.98 Å². The highest BCUT2D eigenvalue weighted by atomic mass is 16.5. The zero-order chi connectivity index (χ0) is 14.8. The quantitative estimate of drug-likeness (QED) is 0.919. The van der Waals surface area contributed by atoms with E-state index < -0.39 is 0 Å². The van der Waals surface area contributed by atoms with E-state index in [2.05, 4.69) is 44.8 Å². The number of hydrogen-bond donors (Lipinski definition) is 1. The summed E-state index contributed by atoms with van der Waals surface area (Å²) in [5.41, 5.74) is 9.14. The van der Waals surface area contributed by atoms with Gasteiger partial charge in [0, 0.05) is 18.3 Å². The Morgan fingerprint density at radius 1 is 1.20 bits per heavy atom. The molecule has 1 aromatic carbocycles. The summed E-state index contributed by atoms with van der Waals surface area (Å²) >= 11 is 0. The molecule has 0 bridgehead atoms. The van der Waals surface area contributed by atoms with Gasteiger partial charge in [0.05, 0.1) is 0 Å². The average molecular weight is 270 g/mol. The molecule has 0 unspecified atom stereocenters. The van der Waals surface area contributed by atoms with Crippen molar-refractivity contribution in [2.75, 3.05) is 0 Å². The normalized spacial score (nSPS) is 11.4. The Balaban J connectivity index is 2.31. The Hall–Kier alpha value is -1.87. The summed E-state index contributed by atoms with van der Waals surface area (Å²) in [7, 11) is 0. The number of nitrogens with two attached hydrogens (primary N) is 1. The number of nitrogens with zero attached hydrogens (tertiary/aromatic N) is 1. The molecule has 20 heavy (non-hydrogen) atoms. The summed E-state index contributed by atoms with van der Waals surface area (Å²) in [5, 5.41) is 0. The first-order chi connectivity index (χ1) is 9.41. The summed E-state index contributed by atoms with van der Waals surface area (Å²) in [6.45, 7) is 9.08. The third-order valence-electron chi connectivity index (χ3n) is 3.32. The highest BCUT2D eigenvalue weighted by Crippen LogP contribution is 2.30. The summed E-state index contributed by atoms with van der Waals surface area (Å²) in [6.07, 6.45) is 1.72. The average Bonchev–Trinajstić information content (AvgIpc) is 2.40. The topological polar surface area (TPSA) is 48.1 Å². The number of hydrogen-bond acceptors (Lipinski definition) is 3. The van der Waals surface area contributed by atoms with E-state index in [4.69, 9.17) is 10.5 Å². The van der Waals surface area contributed by atoms with Gasteiger partial charge < -0.3 is 10.5 Å². The summed E-state index contributed by atoms with van der Waals surface area (Å²) in [4.78, 5) is 4.25. The first-order valence-corrected chi connectivity index (χ1v) is 6.85. The SMILES string of the molecule is Cc1cc(C(C)(C)C)ccc1Oc1ncccc1CN. The summed E-state index contributed by atoms with van der Waals surface area (Å²) in [5.74, 6) is 1.41. The van der Waals surface area contributed by atoms with Crippen LogP contribution >= 0.6 is 0 Å². The molecule has 3 heteroatoms. The van der Waals surface area contributed by atoms with Crippen LogP contribution in [0.3, 0.4) is 0 Å². The maximum absolute atomic E-state index is 5.91. The van der Waals surface area contributed by atoms with E-state index in [0.717, 1.165) is 16.9 Å². The zero-order valence-electron chi connectivity index (χ0n) is 12.6. The van der Waals surface area contributed by atoms with Crippen LogP contribution in [-0.4, -0.2) is 4.98 Å². The monoisotopic (exact) mass is 270 g/mol.